The van der Waals surface area contributed by atoms with Crippen molar-refractivity contribution in [2.24, 2.45) is 0 Å². The van der Waals surface area contributed by atoms with Gasteiger partial charge in [-0.05, 0) is 20.8 Å². The maximum atomic E-state index is 4.46. The number of thioether (sulfide) groups is 1. The zero-order chi connectivity index (χ0) is 13.0. The lowest BCUT2D eigenvalue weighted by Gasteiger charge is -2.05. The van der Waals surface area contributed by atoms with E-state index in [9.17, 15) is 0 Å². The van der Waals surface area contributed by atoms with E-state index >= 15 is 0 Å². The number of nitrogens with one attached hydrogen (secondary N) is 1. The number of hydrogen-bond acceptors (Lipinski definition) is 7. The van der Waals surface area contributed by atoms with Crippen LogP contribution in [-0.2, 0) is 5.75 Å². The van der Waals surface area contributed by atoms with Gasteiger partial charge in [0, 0.05) is 18.3 Å². The van der Waals surface area contributed by atoms with Gasteiger partial charge in [-0.15, -0.1) is 10.2 Å². The Morgan fingerprint density at radius 3 is 2.78 bits per heavy atom. The van der Waals surface area contributed by atoms with Crippen molar-refractivity contribution in [2.75, 3.05) is 11.9 Å². The number of hydrogen-bond donors (Lipinski definition) is 1. The van der Waals surface area contributed by atoms with Crippen LogP contribution in [0.15, 0.2) is 10.4 Å². The Morgan fingerprint density at radius 2 is 2.11 bits per heavy atom. The third kappa shape index (κ3) is 3.64. The fraction of sp³-hybridized carbons (Fsp3) is 0.455. The molecule has 0 saturated carbocycles. The van der Waals surface area contributed by atoms with Gasteiger partial charge in [0.15, 0.2) is 4.34 Å². The lowest BCUT2D eigenvalue weighted by atomic mass is 10.4. The average Bonchev–Trinajstić information content (AvgIpc) is 2.72. The second-order valence-corrected chi connectivity index (χ2v) is 6.12. The Balaban J connectivity index is 2.04. The van der Waals surface area contributed by atoms with Crippen LogP contribution in [0.4, 0.5) is 5.82 Å². The van der Waals surface area contributed by atoms with Crippen LogP contribution in [0, 0.1) is 13.8 Å². The third-order valence-corrected chi connectivity index (χ3v) is 4.06. The van der Waals surface area contributed by atoms with Crippen LogP contribution in [0.5, 0.6) is 0 Å². The van der Waals surface area contributed by atoms with Crippen LogP contribution in [0.25, 0.3) is 0 Å². The second kappa shape index (κ2) is 6.10. The van der Waals surface area contributed by atoms with E-state index in [4.69, 9.17) is 0 Å². The first-order chi connectivity index (χ1) is 8.67. The minimum atomic E-state index is 0.717. The molecule has 0 unspecified atom stereocenters. The van der Waals surface area contributed by atoms with Gasteiger partial charge < -0.3 is 5.32 Å². The highest BCUT2D eigenvalue weighted by molar-refractivity contribution is 8.00. The molecular formula is C11H15N5S2. The van der Waals surface area contributed by atoms with Gasteiger partial charge in [-0.25, -0.2) is 9.97 Å². The van der Waals surface area contributed by atoms with Crippen LogP contribution in [0.1, 0.15) is 23.4 Å². The molecule has 0 spiro atoms. The lowest BCUT2D eigenvalue weighted by molar-refractivity contribution is 0.969. The van der Waals surface area contributed by atoms with Gasteiger partial charge in [-0.1, -0.05) is 23.1 Å². The van der Waals surface area contributed by atoms with Crippen molar-refractivity contribution >= 4 is 28.9 Å². The van der Waals surface area contributed by atoms with Crippen LogP contribution in [0.3, 0.4) is 0 Å². The molecule has 7 heteroatoms. The molecule has 0 aromatic carbocycles. The maximum Gasteiger partial charge on any atom is 0.174 e. The minimum absolute atomic E-state index is 0.717. The van der Waals surface area contributed by atoms with Crippen molar-refractivity contribution in [3.63, 3.8) is 0 Å². The Labute approximate surface area is 114 Å². The van der Waals surface area contributed by atoms with Gasteiger partial charge in [-0.2, -0.15) is 0 Å². The molecule has 0 saturated heterocycles. The summed E-state index contributed by atoms with van der Waals surface area (Å²) in [6, 6.07) is 1.95. The summed E-state index contributed by atoms with van der Waals surface area (Å²) in [5.74, 6) is 2.42. The van der Waals surface area contributed by atoms with Crippen molar-refractivity contribution in [3.05, 3.63) is 22.6 Å². The van der Waals surface area contributed by atoms with Crippen molar-refractivity contribution < 1.29 is 0 Å². The summed E-state index contributed by atoms with van der Waals surface area (Å²) in [5, 5.41) is 12.2. The molecule has 0 fully saturated rings. The first-order valence-corrected chi connectivity index (χ1v) is 7.49. The summed E-state index contributed by atoms with van der Waals surface area (Å²) < 4.78 is 0.961. The Kier molecular flexibility index (Phi) is 4.48. The Morgan fingerprint density at radius 1 is 1.28 bits per heavy atom. The van der Waals surface area contributed by atoms with Crippen LogP contribution < -0.4 is 5.32 Å². The first-order valence-electron chi connectivity index (χ1n) is 5.68. The SMILES string of the molecule is CCNc1cc(C)nc(CSc2nnc(C)s2)n1. The topological polar surface area (TPSA) is 63.6 Å². The summed E-state index contributed by atoms with van der Waals surface area (Å²) >= 11 is 3.22. The van der Waals surface area contributed by atoms with Crippen molar-refractivity contribution in [1.29, 1.82) is 0 Å². The van der Waals surface area contributed by atoms with Crippen LogP contribution in [0.2, 0.25) is 0 Å². The fourth-order valence-corrected chi connectivity index (χ4v) is 3.10. The standard InChI is InChI=1S/C11H15N5S2/c1-4-12-9-5-7(2)13-10(14-9)6-17-11-16-15-8(3)18-11/h5H,4,6H2,1-3H3,(H,12,13,14). The fourth-order valence-electron chi connectivity index (χ4n) is 1.43. The predicted octanol–water partition coefficient (Wildman–Crippen LogP) is 2.67. The Hall–Kier alpha value is -1.21. The van der Waals surface area contributed by atoms with Gasteiger partial charge in [-0.3, -0.25) is 0 Å². The summed E-state index contributed by atoms with van der Waals surface area (Å²) in [7, 11) is 0. The van der Waals surface area contributed by atoms with Gasteiger partial charge >= 0.3 is 0 Å². The molecule has 5 nitrogen and oxygen atoms in total. The molecule has 0 amide bonds. The molecule has 1 N–H and O–H groups in total. The molecule has 0 aliphatic heterocycles. The largest absolute Gasteiger partial charge is 0.370 e. The smallest absolute Gasteiger partial charge is 0.174 e. The van der Waals surface area contributed by atoms with E-state index in [1.807, 2.05) is 19.9 Å². The predicted molar refractivity (Wildman–Crippen MR) is 75.1 cm³/mol. The second-order valence-electron chi connectivity index (χ2n) is 3.72. The van der Waals surface area contributed by atoms with Gasteiger partial charge in [0.2, 0.25) is 0 Å². The van der Waals surface area contributed by atoms with E-state index in [1.165, 1.54) is 0 Å². The molecular weight excluding hydrogens is 266 g/mol. The number of aromatic nitrogens is 4. The first kappa shape index (κ1) is 13.2. The average molecular weight is 281 g/mol. The molecule has 2 aromatic heterocycles. The number of anilines is 1. The molecule has 0 bridgehead atoms. The van der Waals surface area contributed by atoms with Gasteiger partial charge in [0.25, 0.3) is 0 Å². The molecule has 0 aliphatic rings. The summed E-state index contributed by atoms with van der Waals surface area (Å²) in [6.45, 7) is 6.84. The van der Waals surface area contributed by atoms with E-state index in [0.717, 1.165) is 33.2 Å². The molecule has 2 rings (SSSR count). The summed E-state index contributed by atoms with van der Waals surface area (Å²) in [6.07, 6.45) is 0. The maximum absolute atomic E-state index is 4.46. The Bertz CT molecular complexity index is 526. The summed E-state index contributed by atoms with van der Waals surface area (Å²) in [5.41, 5.74) is 0.977. The minimum Gasteiger partial charge on any atom is -0.370 e. The third-order valence-electron chi connectivity index (χ3n) is 2.09. The van der Waals surface area contributed by atoms with Gasteiger partial charge in [0.05, 0.1) is 5.75 Å². The molecule has 2 aromatic rings. The van der Waals surface area contributed by atoms with Crippen molar-refractivity contribution in [1.82, 2.24) is 20.2 Å². The van der Waals surface area contributed by atoms with E-state index in [-0.39, 0.29) is 0 Å². The van der Waals surface area contributed by atoms with Crippen LogP contribution in [-0.4, -0.2) is 26.7 Å². The van der Waals surface area contributed by atoms with Gasteiger partial charge in [0.1, 0.15) is 16.6 Å². The van der Waals surface area contributed by atoms with E-state index in [1.54, 1.807) is 23.1 Å². The van der Waals surface area contributed by atoms with E-state index < -0.39 is 0 Å². The zero-order valence-corrected chi connectivity index (χ0v) is 12.2. The molecule has 0 atom stereocenters. The number of aryl methyl sites for hydroxylation is 2. The van der Waals surface area contributed by atoms with Crippen molar-refractivity contribution in [2.45, 2.75) is 30.9 Å². The monoisotopic (exact) mass is 281 g/mol. The highest BCUT2D eigenvalue weighted by Gasteiger charge is 2.06. The molecule has 0 radical (unpaired) electrons. The molecule has 0 aliphatic carbocycles. The molecule has 96 valence electrons. The van der Waals surface area contributed by atoms with E-state index in [0.29, 0.717) is 5.75 Å². The quantitative estimate of drug-likeness (QED) is 0.850. The summed E-state index contributed by atoms with van der Waals surface area (Å²) in [4.78, 5) is 8.88. The number of nitrogens with zero attached hydrogens (tertiary/aromatic N) is 4. The zero-order valence-electron chi connectivity index (χ0n) is 10.6. The van der Waals surface area contributed by atoms with Crippen LogP contribution >= 0.6 is 23.1 Å². The number of rotatable bonds is 5. The highest BCUT2D eigenvalue weighted by atomic mass is 32.2. The molecule has 18 heavy (non-hydrogen) atoms. The molecule has 2 heterocycles. The normalized spacial score (nSPS) is 10.6. The van der Waals surface area contributed by atoms with Crippen molar-refractivity contribution in [3.8, 4) is 0 Å². The lowest BCUT2D eigenvalue weighted by Crippen LogP contribution is -2.04. The highest BCUT2D eigenvalue weighted by Crippen LogP contribution is 2.24. The van der Waals surface area contributed by atoms with E-state index in [2.05, 4.69) is 32.4 Å².